The fourth-order valence-electron chi connectivity index (χ4n) is 2.15. The lowest BCUT2D eigenvalue weighted by atomic mass is 9.83. The minimum atomic E-state index is -0.0590. The van der Waals surface area contributed by atoms with Crippen LogP contribution in [0.25, 0.3) is 0 Å². The van der Waals surface area contributed by atoms with E-state index < -0.39 is 0 Å². The monoisotopic (exact) mass is 248 g/mol. The van der Waals surface area contributed by atoms with Gasteiger partial charge in [0.15, 0.2) is 0 Å². The van der Waals surface area contributed by atoms with Crippen molar-refractivity contribution in [3.05, 3.63) is 23.4 Å². The molecule has 5 nitrogen and oxygen atoms in total. The third kappa shape index (κ3) is 3.20. The zero-order chi connectivity index (χ0) is 13.0. The van der Waals surface area contributed by atoms with Crippen molar-refractivity contribution in [1.29, 1.82) is 0 Å². The first-order valence-electron chi connectivity index (χ1n) is 6.42. The quantitative estimate of drug-likeness (QED) is 0.546. The Morgan fingerprint density at radius 3 is 2.89 bits per heavy atom. The SMILES string of the molecule is Cc1cc(C(=O)NCCC2CCC2)cc(NN)n1. The van der Waals surface area contributed by atoms with Crippen molar-refractivity contribution in [2.45, 2.75) is 32.6 Å². The Hall–Kier alpha value is -1.62. The van der Waals surface area contributed by atoms with Crippen molar-refractivity contribution in [2.75, 3.05) is 12.0 Å². The number of carbonyl (C=O) groups is 1. The molecule has 0 radical (unpaired) electrons. The summed E-state index contributed by atoms with van der Waals surface area (Å²) in [4.78, 5) is 16.1. The summed E-state index contributed by atoms with van der Waals surface area (Å²) in [6.07, 6.45) is 5.04. The smallest absolute Gasteiger partial charge is 0.251 e. The van der Waals surface area contributed by atoms with Gasteiger partial charge in [-0.2, -0.15) is 0 Å². The summed E-state index contributed by atoms with van der Waals surface area (Å²) in [5, 5.41) is 2.94. The summed E-state index contributed by atoms with van der Waals surface area (Å²) >= 11 is 0. The standard InChI is InChI=1S/C13H20N4O/c1-9-7-11(8-12(16-9)17-14)13(18)15-6-5-10-3-2-4-10/h7-8,10H,2-6,14H2,1H3,(H,15,18)(H,16,17). The summed E-state index contributed by atoms with van der Waals surface area (Å²) in [6.45, 7) is 2.59. The van der Waals surface area contributed by atoms with Gasteiger partial charge in [-0.05, 0) is 31.4 Å². The van der Waals surface area contributed by atoms with E-state index in [1.807, 2.05) is 6.92 Å². The summed E-state index contributed by atoms with van der Waals surface area (Å²) < 4.78 is 0. The molecule has 1 heterocycles. The second kappa shape index (κ2) is 5.82. The van der Waals surface area contributed by atoms with Crippen LogP contribution in [-0.4, -0.2) is 17.4 Å². The van der Waals surface area contributed by atoms with E-state index >= 15 is 0 Å². The molecule has 1 fully saturated rings. The lowest BCUT2D eigenvalue weighted by molar-refractivity contribution is 0.0949. The average Bonchev–Trinajstić information content (AvgIpc) is 2.31. The second-order valence-electron chi connectivity index (χ2n) is 4.87. The first kappa shape index (κ1) is 12.8. The van der Waals surface area contributed by atoms with Gasteiger partial charge in [-0.25, -0.2) is 10.8 Å². The van der Waals surface area contributed by atoms with Crippen LogP contribution in [0.2, 0.25) is 0 Å². The molecular weight excluding hydrogens is 228 g/mol. The molecule has 1 saturated carbocycles. The van der Waals surface area contributed by atoms with Crippen molar-refractivity contribution in [3.8, 4) is 0 Å². The molecule has 0 spiro atoms. The molecule has 98 valence electrons. The fourth-order valence-corrected chi connectivity index (χ4v) is 2.15. The van der Waals surface area contributed by atoms with Gasteiger partial charge < -0.3 is 10.7 Å². The lowest BCUT2D eigenvalue weighted by Gasteiger charge is -2.25. The van der Waals surface area contributed by atoms with E-state index in [0.29, 0.717) is 11.4 Å². The van der Waals surface area contributed by atoms with Crippen LogP contribution in [0.4, 0.5) is 5.82 Å². The molecule has 0 saturated heterocycles. The number of nitrogen functional groups attached to an aromatic ring is 1. The number of aryl methyl sites for hydroxylation is 1. The van der Waals surface area contributed by atoms with Crippen LogP contribution in [0.3, 0.4) is 0 Å². The Labute approximate surface area is 107 Å². The number of pyridine rings is 1. The van der Waals surface area contributed by atoms with Crippen LogP contribution >= 0.6 is 0 Å². The van der Waals surface area contributed by atoms with Gasteiger partial charge >= 0.3 is 0 Å². The first-order chi connectivity index (χ1) is 8.69. The zero-order valence-corrected chi connectivity index (χ0v) is 10.7. The molecule has 0 atom stereocenters. The fraction of sp³-hybridized carbons (Fsp3) is 0.538. The summed E-state index contributed by atoms with van der Waals surface area (Å²) in [5.74, 6) is 6.57. The van der Waals surface area contributed by atoms with Gasteiger partial charge in [0.25, 0.3) is 5.91 Å². The summed E-state index contributed by atoms with van der Waals surface area (Å²) in [7, 11) is 0. The first-order valence-corrected chi connectivity index (χ1v) is 6.42. The predicted molar refractivity (Wildman–Crippen MR) is 71.1 cm³/mol. The van der Waals surface area contributed by atoms with Gasteiger partial charge in [0, 0.05) is 17.8 Å². The van der Waals surface area contributed by atoms with E-state index in [2.05, 4.69) is 15.7 Å². The van der Waals surface area contributed by atoms with Gasteiger partial charge in [0.1, 0.15) is 5.82 Å². The number of nitrogens with one attached hydrogen (secondary N) is 2. The molecule has 0 aliphatic heterocycles. The summed E-state index contributed by atoms with van der Waals surface area (Å²) in [6, 6.07) is 3.42. The minimum Gasteiger partial charge on any atom is -0.352 e. The number of amides is 1. The predicted octanol–water partition coefficient (Wildman–Crippen LogP) is 1.60. The topological polar surface area (TPSA) is 80.0 Å². The molecule has 1 aliphatic carbocycles. The Balaban J connectivity index is 1.88. The van der Waals surface area contributed by atoms with Crippen LogP contribution in [0.5, 0.6) is 0 Å². The maximum absolute atomic E-state index is 11.9. The van der Waals surface area contributed by atoms with Crippen molar-refractivity contribution >= 4 is 11.7 Å². The van der Waals surface area contributed by atoms with Crippen LogP contribution in [0, 0.1) is 12.8 Å². The van der Waals surface area contributed by atoms with Crippen molar-refractivity contribution in [2.24, 2.45) is 11.8 Å². The number of aromatic nitrogens is 1. The van der Waals surface area contributed by atoms with Crippen LogP contribution < -0.4 is 16.6 Å². The number of hydrogen-bond donors (Lipinski definition) is 3. The van der Waals surface area contributed by atoms with E-state index in [4.69, 9.17) is 5.84 Å². The minimum absolute atomic E-state index is 0.0590. The molecule has 1 aromatic heterocycles. The molecular formula is C13H20N4O. The number of hydrogen-bond acceptors (Lipinski definition) is 4. The van der Waals surface area contributed by atoms with E-state index in [9.17, 15) is 4.79 Å². The zero-order valence-electron chi connectivity index (χ0n) is 10.7. The largest absolute Gasteiger partial charge is 0.352 e. The Morgan fingerprint density at radius 1 is 1.50 bits per heavy atom. The Morgan fingerprint density at radius 2 is 2.28 bits per heavy atom. The number of nitrogens with zero attached hydrogens (tertiary/aromatic N) is 1. The van der Waals surface area contributed by atoms with E-state index in [1.54, 1.807) is 12.1 Å². The van der Waals surface area contributed by atoms with Crippen molar-refractivity contribution < 1.29 is 4.79 Å². The van der Waals surface area contributed by atoms with Crippen LogP contribution in [0.15, 0.2) is 12.1 Å². The highest BCUT2D eigenvalue weighted by Crippen LogP contribution is 2.28. The third-order valence-electron chi connectivity index (χ3n) is 3.43. The maximum Gasteiger partial charge on any atom is 0.251 e. The molecule has 5 heteroatoms. The van der Waals surface area contributed by atoms with E-state index in [-0.39, 0.29) is 5.91 Å². The molecule has 4 N–H and O–H groups in total. The van der Waals surface area contributed by atoms with E-state index in [0.717, 1.165) is 24.6 Å². The molecule has 1 aromatic rings. The van der Waals surface area contributed by atoms with Crippen molar-refractivity contribution in [3.63, 3.8) is 0 Å². The maximum atomic E-state index is 11.9. The van der Waals surface area contributed by atoms with Gasteiger partial charge in [-0.15, -0.1) is 0 Å². The van der Waals surface area contributed by atoms with Gasteiger partial charge in [-0.3, -0.25) is 4.79 Å². The van der Waals surface area contributed by atoms with Crippen LogP contribution in [-0.2, 0) is 0 Å². The third-order valence-corrected chi connectivity index (χ3v) is 3.43. The van der Waals surface area contributed by atoms with Crippen LogP contribution in [0.1, 0.15) is 41.7 Å². The number of hydrazine groups is 1. The van der Waals surface area contributed by atoms with Gasteiger partial charge in [0.2, 0.25) is 0 Å². The van der Waals surface area contributed by atoms with Gasteiger partial charge in [-0.1, -0.05) is 19.3 Å². The molecule has 2 rings (SSSR count). The van der Waals surface area contributed by atoms with E-state index in [1.165, 1.54) is 19.3 Å². The summed E-state index contributed by atoms with van der Waals surface area (Å²) in [5.41, 5.74) is 3.84. The molecule has 1 aliphatic rings. The molecule has 0 aromatic carbocycles. The number of anilines is 1. The molecule has 0 bridgehead atoms. The highest BCUT2D eigenvalue weighted by molar-refractivity contribution is 5.94. The Bertz CT molecular complexity index is 429. The molecule has 18 heavy (non-hydrogen) atoms. The molecule has 1 amide bonds. The second-order valence-corrected chi connectivity index (χ2v) is 4.87. The highest BCUT2D eigenvalue weighted by atomic mass is 16.1. The number of rotatable bonds is 5. The molecule has 0 unspecified atom stereocenters. The van der Waals surface area contributed by atoms with Crippen molar-refractivity contribution in [1.82, 2.24) is 10.3 Å². The normalized spacial score (nSPS) is 15.0. The number of nitrogens with two attached hydrogens (primary N) is 1. The Kier molecular flexibility index (Phi) is 4.15. The highest BCUT2D eigenvalue weighted by Gasteiger charge is 2.17. The number of carbonyl (C=O) groups excluding carboxylic acids is 1. The average molecular weight is 248 g/mol. The van der Waals surface area contributed by atoms with Gasteiger partial charge in [0.05, 0.1) is 0 Å². The lowest BCUT2D eigenvalue weighted by Crippen LogP contribution is -2.27.